The first-order valence-electron chi connectivity index (χ1n) is 19.3. The summed E-state index contributed by atoms with van der Waals surface area (Å²) in [6, 6.07) is 3.19. The molecule has 0 saturated carbocycles. The van der Waals surface area contributed by atoms with Crippen LogP contribution in [-0.4, -0.2) is 124 Å². The summed E-state index contributed by atoms with van der Waals surface area (Å²) in [7, 11) is 0. The van der Waals surface area contributed by atoms with Crippen molar-refractivity contribution in [1.29, 1.82) is 0 Å². The standard InChI is InChI=1S/C41H45N5O11/c1-22-11-31(48)27-12-25-13-34(57-54-20-33(50)41(53,39(52)32(49)19-47)21-45-10-6-28-30(45)5-9-42-28)40(7-2-3-23(15-40)26-14-35(51)44-16-26)56-37(25)36(38(27)55-22)46-17-24-4-8-43-29(24)18-46/h2-6,8-9,11-12,18,23,26,32-34,39,47,49-50,52-53H,7,10,13-17,19-21H2,1H3,(H,44,51). The van der Waals surface area contributed by atoms with Gasteiger partial charge in [-0.1, -0.05) is 12.2 Å². The van der Waals surface area contributed by atoms with E-state index in [-0.39, 0.29) is 36.1 Å². The Balaban J connectivity index is 1.04. The van der Waals surface area contributed by atoms with Crippen molar-refractivity contribution in [2.45, 2.75) is 68.2 Å². The molecule has 1 aliphatic carbocycles. The average molecular weight is 784 g/mol. The van der Waals surface area contributed by atoms with Crippen LogP contribution in [0.25, 0.3) is 11.0 Å². The van der Waals surface area contributed by atoms with Crippen molar-refractivity contribution < 1.29 is 49.3 Å². The molecule has 7 aliphatic rings. The van der Waals surface area contributed by atoms with Crippen LogP contribution in [0, 0.1) is 18.8 Å². The van der Waals surface area contributed by atoms with Crippen molar-refractivity contribution in [3.05, 3.63) is 92.9 Å². The molecule has 0 radical (unpaired) electrons. The van der Waals surface area contributed by atoms with Crippen LogP contribution < -0.4 is 20.4 Å². The quantitative estimate of drug-likeness (QED) is 0.100. The lowest BCUT2D eigenvalue weighted by atomic mass is 9.71. The molecule has 16 heteroatoms. The highest BCUT2D eigenvalue weighted by Crippen LogP contribution is 2.51. The van der Waals surface area contributed by atoms with Gasteiger partial charge in [0.25, 0.3) is 0 Å². The number of carbonyl (C=O) groups is 1. The number of β-amino-alcohol motifs (C(OH)–C–C–N with tert-alkyl or cyclic N) is 1. The molecule has 1 aromatic heterocycles. The van der Waals surface area contributed by atoms with Gasteiger partial charge in [-0.15, -0.1) is 0 Å². The molecule has 1 aromatic carbocycles. The number of benzene rings is 1. The van der Waals surface area contributed by atoms with Crippen molar-refractivity contribution >= 4 is 35.0 Å². The molecule has 1 saturated heterocycles. The lowest BCUT2D eigenvalue weighted by molar-refractivity contribution is -0.367. The van der Waals surface area contributed by atoms with Crippen LogP contribution in [0.4, 0.5) is 5.69 Å². The van der Waals surface area contributed by atoms with Gasteiger partial charge in [-0.2, -0.15) is 0 Å². The first-order valence-corrected chi connectivity index (χ1v) is 19.3. The molecular weight excluding hydrogens is 738 g/mol. The van der Waals surface area contributed by atoms with E-state index in [2.05, 4.69) is 21.4 Å². The van der Waals surface area contributed by atoms with Gasteiger partial charge in [-0.05, 0) is 49.5 Å². The van der Waals surface area contributed by atoms with E-state index < -0.39 is 48.8 Å². The Hall–Kier alpha value is -4.94. The normalized spacial score (nSPS) is 28.4. The molecule has 57 heavy (non-hydrogen) atoms. The molecule has 8 unspecified atom stereocenters. The Morgan fingerprint density at radius 3 is 2.74 bits per heavy atom. The van der Waals surface area contributed by atoms with Crippen molar-refractivity contribution in [2.24, 2.45) is 21.8 Å². The Kier molecular flexibility index (Phi) is 9.55. The zero-order chi connectivity index (χ0) is 39.6. The van der Waals surface area contributed by atoms with Crippen LogP contribution in [0.1, 0.15) is 30.6 Å². The van der Waals surface area contributed by atoms with E-state index >= 15 is 0 Å². The number of amides is 1. The first kappa shape index (κ1) is 37.6. The second-order valence-corrected chi connectivity index (χ2v) is 15.9. The van der Waals surface area contributed by atoms with Gasteiger partial charge in [0, 0.05) is 68.2 Å². The number of aliphatic hydroxyl groups is 5. The van der Waals surface area contributed by atoms with E-state index in [1.807, 2.05) is 29.3 Å². The van der Waals surface area contributed by atoms with E-state index in [9.17, 15) is 35.1 Å². The summed E-state index contributed by atoms with van der Waals surface area (Å²) in [5, 5.41) is 57.9. The highest BCUT2D eigenvalue weighted by molar-refractivity contribution is 5.96. The molecule has 300 valence electrons. The third-order valence-corrected chi connectivity index (χ3v) is 12.3. The highest BCUT2D eigenvalue weighted by Gasteiger charge is 2.53. The van der Waals surface area contributed by atoms with E-state index in [0.29, 0.717) is 84.0 Å². The number of nitrogens with zero attached hydrogens (tertiary/aromatic N) is 4. The second kappa shape index (κ2) is 14.5. The zero-order valence-electron chi connectivity index (χ0n) is 31.3. The minimum absolute atomic E-state index is 0.0129. The topological polar surface area (TPSA) is 219 Å². The maximum atomic E-state index is 13.5. The molecule has 16 nitrogen and oxygen atoms in total. The molecule has 8 atom stereocenters. The van der Waals surface area contributed by atoms with Gasteiger partial charge in [0.1, 0.15) is 53.7 Å². The fraction of sp³-hybridized carbons (Fsp3) is 0.463. The van der Waals surface area contributed by atoms with Crippen LogP contribution in [0.2, 0.25) is 0 Å². The van der Waals surface area contributed by atoms with E-state index in [0.717, 1.165) is 11.3 Å². The number of anilines is 1. The molecule has 0 bridgehead atoms. The van der Waals surface area contributed by atoms with Crippen molar-refractivity contribution in [1.82, 2.24) is 10.2 Å². The number of hydrogen-bond donors (Lipinski definition) is 6. The van der Waals surface area contributed by atoms with Gasteiger partial charge in [0.05, 0.1) is 42.2 Å². The van der Waals surface area contributed by atoms with Gasteiger partial charge >= 0.3 is 0 Å². The van der Waals surface area contributed by atoms with Crippen molar-refractivity contribution in [3.8, 4) is 5.75 Å². The predicted molar refractivity (Wildman–Crippen MR) is 206 cm³/mol. The Morgan fingerprint density at radius 1 is 1.12 bits per heavy atom. The molecule has 6 N–H and O–H groups in total. The van der Waals surface area contributed by atoms with Gasteiger partial charge in [-0.25, -0.2) is 9.78 Å². The summed E-state index contributed by atoms with van der Waals surface area (Å²) < 4.78 is 13.5. The Morgan fingerprint density at radius 2 is 1.95 bits per heavy atom. The lowest BCUT2D eigenvalue weighted by Gasteiger charge is -2.48. The van der Waals surface area contributed by atoms with E-state index in [1.54, 1.807) is 36.4 Å². The van der Waals surface area contributed by atoms with E-state index in [4.69, 9.17) is 18.9 Å². The predicted octanol–water partition coefficient (Wildman–Crippen LogP) is 0.840. The number of aliphatic hydroxyl groups excluding tert-OH is 4. The monoisotopic (exact) mass is 783 g/mol. The van der Waals surface area contributed by atoms with Gasteiger partial charge in [0.15, 0.2) is 16.8 Å². The van der Waals surface area contributed by atoms with Crippen molar-refractivity contribution in [3.63, 3.8) is 0 Å². The number of rotatable bonds is 12. The average Bonchev–Trinajstić information content (AvgIpc) is 4.04. The second-order valence-electron chi connectivity index (χ2n) is 15.9. The van der Waals surface area contributed by atoms with Crippen LogP contribution in [0.15, 0.2) is 90.6 Å². The number of allylic oxidation sites excluding steroid dienone is 3. The number of aliphatic imine (C=N–C) groups is 2. The van der Waals surface area contributed by atoms with Crippen LogP contribution in [0.3, 0.4) is 0 Å². The van der Waals surface area contributed by atoms with Crippen LogP contribution >= 0.6 is 0 Å². The fourth-order valence-electron chi connectivity index (χ4n) is 9.14. The highest BCUT2D eigenvalue weighted by atomic mass is 17.2. The van der Waals surface area contributed by atoms with E-state index in [1.165, 1.54) is 6.07 Å². The molecule has 1 fully saturated rings. The summed E-state index contributed by atoms with van der Waals surface area (Å²) in [5.74, 6) is 0.892. The van der Waals surface area contributed by atoms with Gasteiger partial charge in [-0.3, -0.25) is 19.6 Å². The Labute approximate surface area is 327 Å². The number of carbonyl (C=O) groups excluding carboxylic acids is 1. The van der Waals surface area contributed by atoms with Crippen LogP contribution in [-0.2, 0) is 21.0 Å². The van der Waals surface area contributed by atoms with Gasteiger partial charge < -0.3 is 49.8 Å². The summed E-state index contributed by atoms with van der Waals surface area (Å²) in [5.41, 5.74) is 1.13. The fourth-order valence-corrected chi connectivity index (χ4v) is 9.14. The largest absolute Gasteiger partial charge is 0.481 e. The lowest BCUT2D eigenvalue weighted by Crippen LogP contribution is -2.63. The molecule has 2 aromatic rings. The zero-order valence-corrected chi connectivity index (χ0v) is 31.3. The number of hydrogen-bond acceptors (Lipinski definition) is 15. The van der Waals surface area contributed by atoms with Gasteiger partial charge in [0.2, 0.25) is 5.91 Å². The summed E-state index contributed by atoms with van der Waals surface area (Å²) in [4.78, 5) is 50.3. The van der Waals surface area contributed by atoms with Crippen molar-refractivity contribution in [2.75, 3.05) is 44.3 Å². The molecule has 9 rings (SSSR count). The summed E-state index contributed by atoms with van der Waals surface area (Å²) in [6.45, 7) is 1.22. The minimum Gasteiger partial charge on any atom is -0.481 e. The third kappa shape index (κ3) is 6.54. The molecule has 1 amide bonds. The summed E-state index contributed by atoms with van der Waals surface area (Å²) >= 11 is 0. The summed E-state index contributed by atoms with van der Waals surface area (Å²) in [6.07, 6.45) is 9.93. The minimum atomic E-state index is -2.39. The smallest absolute Gasteiger partial charge is 0.220 e. The Bertz CT molecular complexity index is 2280. The number of aryl methyl sites for hydroxylation is 1. The molecule has 1 spiro atoms. The third-order valence-electron chi connectivity index (χ3n) is 12.3. The maximum Gasteiger partial charge on any atom is 0.220 e. The first-order chi connectivity index (χ1) is 27.5. The maximum absolute atomic E-state index is 13.5. The molecular formula is C41H45N5O11. The number of ether oxygens (including phenoxy) is 1. The van der Waals surface area contributed by atoms with Crippen LogP contribution in [0.5, 0.6) is 5.75 Å². The molecule has 6 aliphatic heterocycles. The number of fused-ring (bicyclic) bond motifs is 4. The number of nitrogens with one attached hydrogen (secondary N) is 1. The SMILES string of the molecule is Cc1cc(=O)c2cc3c(c(N4C=C5N=CC=C5C4)c2o1)OC1(CC=CC(C2CNC(=O)C2)C1)C(OOCC(O)C(O)(CN1CC=C2N=CC=C21)C(O)C(O)CO)C3. The molecule has 7 heterocycles.